The van der Waals surface area contributed by atoms with Crippen molar-refractivity contribution in [1.29, 1.82) is 0 Å². The molecule has 2 aromatic carbocycles. The van der Waals surface area contributed by atoms with Crippen molar-refractivity contribution in [3.05, 3.63) is 53.6 Å². The maximum absolute atomic E-state index is 2.52. The van der Waals surface area contributed by atoms with Gasteiger partial charge >= 0.3 is 0 Å². The quantitative estimate of drug-likeness (QED) is 0.611. The molecule has 1 saturated carbocycles. The number of rotatable bonds is 1. The number of benzene rings is 2. The van der Waals surface area contributed by atoms with Gasteiger partial charge in [-0.15, -0.1) is 0 Å². The zero-order valence-corrected chi connectivity index (χ0v) is 12.4. The van der Waals surface area contributed by atoms with Crippen LogP contribution in [0.5, 0.6) is 0 Å². The lowest BCUT2D eigenvalue weighted by Crippen LogP contribution is -2.27. The molecule has 4 rings (SSSR count). The van der Waals surface area contributed by atoms with E-state index in [9.17, 15) is 0 Å². The van der Waals surface area contributed by atoms with Gasteiger partial charge in [0, 0.05) is 0 Å². The molecule has 2 aliphatic carbocycles. The summed E-state index contributed by atoms with van der Waals surface area (Å²) in [6, 6.07) is 13.5. The largest absolute Gasteiger partial charge is 0.0771 e. The van der Waals surface area contributed by atoms with Crippen LogP contribution in [0.2, 0.25) is 0 Å². The number of allylic oxidation sites excluding steroid dienone is 1. The van der Waals surface area contributed by atoms with E-state index in [4.69, 9.17) is 0 Å². The molecule has 2 aliphatic rings. The molecular weight excluding hydrogens is 240 g/mol. The lowest BCUT2D eigenvalue weighted by Gasteiger charge is -2.38. The molecule has 0 unspecified atom stereocenters. The minimum Gasteiger partial charge on any atom is -0.0771 e. The Morgan fingerprint density at radius 3 is 2.80 bits per heavy atom. The van der Waals surface area contributed by atoms with Crippen molar-refractivity contribution in [3.8, 4) is 0 Å². The van der Waals surface area contributed by atoms with E-state index in [1.54, 1.807) is 5.56 Å². The summed E-state index contributed by atoms with van der Waals surface area (Å²) >= 11 is 0. The van der Waals surface area contributed by atoms with Crippen molar-refractivity contribution in [2.45, 2.75) is 39.0 Å². The van der Waals surface area contributed by atoms with Gasteiger partial charge in [0.1, 0.15) is 0 Å². The Kier molecular flexibility index (Phi) is 2.57. The summed E-state index contributed by atoms with van der Waals surface area (Å²) in [5.74, 6) is 1.57. The Balaban J connectivity index is 1.94. The molecule has 0 bridgehead atoms. The summed E-state index contributed by atoms with van der Waals surface area (Å²) in [6.45, 7) is 4.83. The molecule has 0 aliphatic heterocycles. The average molecular weight is 262 g/mol. The van der Waals surface area contributed by atoms with Crippen molar-refractivity contribution in [2.24, 2.45) is 11.3 Å². The van der Waals surface area contributed by atoms with E-state index >= 15 is 0 Å². The predicted molar refractivity (Wildman–Crippen MR) is 86.8 cm³/mol. The fourth-order valence-corrected chi connectivity index (χ4v) is 4.73. The molecule has 1 fully saturated rings. The number of fused-ring (bicyclic) bond motifs is 5. The molecule has 3 atom stereocenters. The van der Waals surface area contributed by atoms with Crippen LogP contribution in [0, 0.1) is 11.3 Å². The third kappa shape index (κ3) is 1.48. The molecule has 20 heavy (non-hydrogen) atoms. The van der Waals surface area contributed by atoms with Crippen LogP contribution in [-0.4, -0.2) is 0 Å². The van der Waals surface area contributed by atoms with Gasteiger partial charge in [-0.1, -0.05) is 68.8 Å². The lowest BCUT2D eigenvalue weighted by molar-refractivity contribution is 0.269. The Labute approximate surface area is 121 Å². The third-order valence-electron chi connectivity index (χ3n) is 5.92. The van der Waals surface area contributed by atoms with Gasteiger partial charge in [0.2, 0.25) is 0 Å². The fourth-order valence-electron chi connectivity index (χ4n) is 4.73. The van der Waals surface area contributed by atoms with Crippen molar-refractivity contribution < 1.29 is 0 Å². The van der Waals surface area contributed by atoms with Gasteiger partial charge in [-0.05, 0) is 52.0 Å². The zero-order chi connectivity index (χ0) is 13.7. The topological polar surface area (TPSA) is 0 Å². The van der Waals surface area contributed by atoms with Crippen LogP contribution in [0.25, 0.3) is 16.8 Å². The molecule has 0 aromatic heterocycles. The second kappa shape index (κ2) is 4.22. The van der Waals surface area contributed by atoms with E-state index in [0.717, 1.165) is 11.8 Å². The summed E-state index contributed by atoms with van der Waals surface area (Å²) in [5.41, 5.74) is 3.44. The molecule has 0 amide bonds. The van der Waals surface area contributed by atoms with Crippen molar-refractivity contribution >= 4 is 16.8 Å². The molecule has 0 spiro atoms. The molecule has 0 nitrogen and oxygen atoms in total. The Hall–Kier alpha value is -1.56. The number of hydrogen-bond donors (Lipinski definition) is 0. The van der Waals surface area contributed by atoms with Gasteiger partial charge in [-0.2, -0.15) is 0 Å². The third-order valence-corrected chi connectivity index (χ3v) is 5.92. The van der Waals surface area contributed by atoms with Gasteiger partial charge in [-0.25, -0.2) is 0 Å². The molecule has 2 aromatic rings. The van der Waals surface area contributed by atoms with Crippen LogP contribution in [-0.2, 0) is 0 Å². The van der Waals surface area contributed by atoms with E-state index in [-0.39, 0.29) is 0 Å². The van der Waals surface area contributed by atoms with E-state index < -0.39 is 0 Å². The van der Waals surface area contributed by atoms with Crippen molar-refractivity contribution in [3.63, 3.8) is 0 Å². The second-order valence-electron chi connectivity index (χ2n) is 6.72. The summed E-state index contributed by atoms with van der Waals surface area (Å²) in [7, 11) is 0. The molecule has 102 valence electrons. The van der Waals surface area contributed by atoms with Crippen LogP contribution < -0.4 is 0 Å². The normalized spacial score (nSPS) is 31.3. The van der Waals surface area contributed by atoms with Crippen LogP contribution in [0.4, 0.5) is 0 Å². The summed E-state index contributed by atoms with van der Waals surface area (Å²) in [4.78, 5) is 0. The number of hydrogen-bond acceptors (Lipinski definition) is 0. The Morgan fingerprint density at radius 2 is 1.95 bits per heavy atom. The zero-order valence-electron chi connectivity index (χ0n) is 12.4. The first-order chi connectivity index (χ1) is 9.74. The first-order valence-electron chi connectivity index (χ1n) is 7.95. The minimum atomic E-state index is 0.379. The lowest BCUT2D eigenvalue weighted by atomic mass is 9.66. The highest BCUT2D eigenvalue weighted by Gasteiger charge is 2.46. The summed E-state index contributed by atoms with van der Waals surface area (Å²) < 4.78 is 0. The first-order valence-corrected chi connectivity index (χ1v) is 7.95. The SMILES string of the molecule is CC[C@H]1CC[C@H]2c3ccc4ccccc4c3C=C[C@]12C. The van der Waals surface area contributed by atoms with Gasteiger partial charge in [0.15, 0.2) is 0 Å². The smallest absolute Gasteiger partial charge is 0.00462 e. The van der Waals surface area contributed by atoms with Crippen molar-refractivity contribution in [2.75, 3.05) is 0 Å². The monoisotopic (exact) mass is 262 g/mol. The highest BCUT2D eigenvalue weighted by Crippen LogP contribution is 2.58. The molecular formula is C20H22. The maximum Gasteiger partial charge on any atom is -0.00462 e. The van der Waals surface area contributed by atoms with Gasteiger partial charge < -0.3 is 0 Å². The first kappa shape index (κ1) is 12.2. The van der Waals surface area contributed by atoms with Crippen LogP contribution in [0.3, 0.4) is 0 Å². The minimum absolute atomic E-state index is 0.379. The molecule has 0 N–H and O–H groups in total. The molecule has 0 heterocycles. The predicted octanol–water partition coefficient (Wildman–Crippen LogP) is 5.78. The van der Waals surface area contributed by atoms with E-state index in [1.807, 2.05) is 0 Å². The van der Waals surface area contributed by atoms with Gasteiger partial charge in [0.05, 0.1) is 0 Å². The Bertz CT molecular complexity index is 694. The van der Waals surface area contributed by atoms with Gasteiger partial charge in [0.25, 0.3) is 0 Å². The van der Waals surface area contributed by atoms with Crippen LogP contribution >= 0.6 is 0 Å². The van der Waals surface area contributed by atoms with E-state index in [2.05, 4.69) is 62.4 Å². The van der Waals surface area contributed by atoms with Crippen LogP contribution in [0.1, 0.15) is 50.2 Å². The summed E-state index contributed by atoms with van der Waals surface area (Å²) in [6.07, 6.45) is 8.97. The van der Waals surface area contributed by atoms with E-state index in [0.29, 0.717) is 5.41 Å². The highest BCUT2D eigenvalue weighted by molar-refractivity contribution is 5.93. The van der Waals surface area contributed by atoms with Crippen LogP contribution in [0.15, 0.2) is 42.5 Å². The maximum atomic E-state index is 2.52. The fraction of sp³-hybridized carbons (Fsp3) is 0.400. The van der Waals surface area contributed by atoms with Crippen molar-refractivity contribution in [1.82, 2.24) is 0 Å². The Morgan fingerprint density at radius 1 is 1.10 bits per heavy atom. The van der Waals surface area contributed by atoms with E-state index in [1.165, 1.54) is 35.6 Å². The summed E-state index contributed by atoms with van der Waals surface area (Å²) in [5, 5.41) is 2.78. The van der Waals surface area contributed by atoms with Gasteiger partial charge in [-0.3, -0.25) is 0 Å². The average Bonchev–Trinajstić information content (AvgIpc) is 2.83. The standard InChI is InChI=1S/C20H22/c1-3-15-9-11-19-18-10-8-14-6-4-5-7-16(14)17(18)12-13-20(15,19)2/h4-8,10,12-13,15,19H,3,9,11H2,1-2H3/t15-,19-,20+/m0/s1. The second-order valence-corrected chi connectivity index (χ2v) is 6.72. The molecule has 0 heteroatoms. The highest BCUT2D eigenvalue weighted by atomic mass is 14.5. The molecule has 0 saturated heterocycles. The molecule has 0 radical (unpaired) electrons.